The molecule has 2 rings (SSSR count). The van der Waals surface area contributed by atoms with E-state index in [1.54, 1.807) is 0 Å². The number of rotatable bonds is 4. The van der Waals surface area contributed by atoms with Crippen molar-refractivity contribution in [3.63, 3.8) is 0 Å². The van der Waals surface area contributed by atoms with E-state index in [4.69, 9.17) is 0 Å². The van der Waals surface area contributed by atoms with Crippen molar-refractivity contribution >= 4 is 11.8 Å². The molecule has 1 N–H and O–H groups in total. The maximum absolute atomic E-state index is 13.9. The minimum absolute atomic E-state index is 0.329. The molecule has 1 aromatic heterocycles. The molecular formula is C14H23FN4. The van der Waals surface area contributed by atoms with Crippen LogP contribution in [0.25, 0.3) is 0 Å². The van der Waals surface area contributed by atoms with E-state index in [1.807, 2.05) is 11.8 Å². The molecule has 1 aliphatic heterocycles. The average molecular weight is 266 g/mol. The molecule has 0 saturated carbocycles. The van der Waals surface area contributed by atoms with Gasteiger partial charge in [-0.05, 0) is 31.6 Å². The molecule has 19 heavy (non-hydrogen) atoms. The summed E-state index contributed by atoms with van der Waals surface area (Å²) in [5.74, 6) is 2.06. The molecule has 1 fully saturated rings. The van der Waals surface area contributed by atoms with Crippen molar-refractivity contribution in [3.05, 3.63) is 12.0 Å². The number of nitrogens with one attached hydrogen (secondary N) is 1. The Morgan fingerprint density at radius 2 is 2.11 bits per heavy atom. The van der Waals surface area contributed by atoms with Gasteiger partial charge >= 0.3 is 0 Å². The van der Waals surface area contributed by atoms with Crippen LogP contribution in [-0.4, -0.2) is 29.6 Å². The molecule has 0 amide bonds. The maximum Gasteiger partial charge on any atom is 0.224 e. The first kappa shape index (κ1) is 14.0. The summed E-state index contributed by atoms with van der Waals surface area (Å²) in [5.41, 5.74) is 0. The van der Waals surface area contributed by atoms with E-state index in [0.717, 1.165) is 38.4 Å². The number of hydrogen-bond acceptors (Lipinski definition) is 4. The number of hydrogen-bond donors (Lipinski definition) is 1. The molecular weight excluding hydrogens is 243 g/mol. The van der Waals surface area contributed by atoms with Gasteiger partial charge in [0.2, 0.25) is 5.95 Å². The standard InChI is InChI=1S/C14H23FN4/c1-4-16-14-17-9-12(15)13(18-14)19-7-5-11(6-8-19)10(2)3/h9-11H,4-8H2,1-3H3,(H,16,17,18). The number of nitrogens with zero attached hydrogens (tertiary/aromatic N) is 3. The maximum atomic E-state index is 13.9. The minimum Gasteiger partial charge on any atom is -0.354 e. The van der Waals surface area contributed by atoms with Gasteiger partial charge in [-0.3, -0.25) is 0 Å². The molecule has 0 radical (unpaired) electrons. The smallest absolute Gasteiger partial charge is 0.224 e. The lowest BCUT2D eigenvalue weighted by Crippen LogP contribution is -2.36. The summed E-state index contributed by atoms with van der Waals surface area (Å²) >= 11 is 0. The fourth-order valence-corrected chi connectivity index (χ4v) is 2.60. The molecule has 0 bridgehead atoms. The molecule has 1 aliphatic rings. The van der Waals surface area contributed by atoms with Gasteiger partial charge in [-0.15, -0.1) is 0 Å². The van der Waals surface area contributed by atoms with Gasteiger partial charge in [-0.2, -0.15) is 4.98 Å². The van der Waals surface area contributed by atoms with Crippen molar-refractivity contribution < 1.29 is 4.39 Å². The number of piperidine rings is 1. The number of anilines is 2. The second-order valence-corrected chi connectivity index (χ2v) is 5.46. The lowest BCUT2D eigenvalue weighted by Gasteiger charge is -2.34. The summed E-state index contributed by atoms with van der Waals surface area (Å²) in [6, 6.07) is 0. The Balaban J connectivity index is 2.08. The van der Waals surface area contributed by atoms with Crippen LogP contribution in [0.5, 0.6) is 0 Å². The lowest BCUT2D eigenvalue weighted by molar-refractivity contribution is 0.309. The van der Waals surface area contributed by atoms with Crippen molar-refractivity contribution in [2.75, 3.05) is 29.9 Å². The zero-order chi connectivity index (χ0) is 13.8. The van der Waals surface area contributed by atoms with E-state index < -0.39 is 0 Å². The lowest BCUT2D eigenvalue weighted by atomic mass is 9.87. The van der Waals surface area contributed by atoms with Gasteiger partial charge in [0.15, 0.2) is 11.6 Å². The van der Waals surface area contributed by atoms with Crippen molar-refractivity contribution in [2.24, 2.45) is 11.8 Å². The third-order valence-electron chi connectivity index (χ3n) is 3.84. The van der Waals surface area contributed by atoms with E-state index >= 15 is 0 Å². The summed E-state index contributed by atoms with van der Waals surface area (Å²) in [5, 5.41) is 3.03. The van der Waals surface area contributed by atoms with Crippen LogP contribution in [-0.2, 0) is 0 Å². The van der Waals surface area contributed by atoms with Crippen molar-refractivity contribution in [2.45, 2.75) is 33.6 Å². The van der Waals surface area contributed by atoms with Crippen LogP contribution in [0.15, 0.2) is 6.20 Å². The zero-order valence-corrected chi connectivity index (χ0v) is 12.0. The number of aromatic nitrogens is 2. The summed E-state index contributed by atoms with van der Waals surface area (Å²) in [6.07, 6.45) is 3.48. The number of halogens is 1. The summed E-state index contributed by atoms with van der Waals surface area (Å²) in [6.45, 7) is 8.98. The van der Waals surface area contributed by atoms with Crippen molar-refractivity contribution in [3.8, 4) is 0 Å². The van der Waals surface area contributed by atoms with Gasteiger partial charge in [0.05, 0.1) is 6.20 Å². The minimum atomic E-state index is -0.329. The SMILES string of the molecule is CCNc1ncc(F)c(N2CCC(C(C)C)CC2)n1. The second-order valence-electron chi connectivity index (χ2n) is 5.46. The molecule has 106 valence electrons. The van der Waals surface area contributed by atoms with E-state index in [9.17, 15) is 4.39 Å². The quantitative estimate of drug-likeness (QED) is 0.909. The van der Waals surface area contributed by atoms with Crippen molar-refractivity contribution in [1.82, 2.24) is 9.97 Å². The second kappa shape index (κ2) is 6.17. The van der Waals surface area contributed by atoms with Gasteiger partial charge in [-0.1, -0.05) is 13.8 Å². The Bertz CT molecular complexity index is 414. The Labute approximate surface area is 114 Å². The van der Waals surface area contributed by atoms with E-state index in [-0.39, 0.29) is 5.82 Å². The Morgan fingerprint density at radius 3 is 2.68 bits per heavy atom. The van der Waals surface area contributed by atoms with Gasteiger partial charge in [0.25, 0.3) is 0 Å². The van der Waals surface area contributed by atoms with Gasteiger partial charge < -0.3 is 10.2 Å². The molecule has 2 heterocycles. The van der Waals surface area contributed by atoms with Gasteiger partial charge in [0.1, 0.15) is 0 Å². The highest BCUT2D eigenvalue weighted by molar-refractivity contribution is 5.44. The van der Waals surface area contributed by atoms with Gasteiger partial charge in [0, 0.05) is 19.6 Å². The van der Waals surface area contributed by atoms with E-state index in [2.05, 4.69) is 29.1 Å². The van der Waals surface area contributed by atoms with Crippen LogP contribution in [0.4, 0.5) is 16.2 Å². The molecule has 1 aromatic rings. The van der Waals surface area contributed by atoms with Crippen LogP contribution < -0.4 is 10.2 Å². The summed E-state index contributed by atoms with van der Waals surface area (Å²) in [4.78, 5) is 10.3. The highest BCUT2D eigenvalue weighted by atomic mass is 19.1. The van der Waals surface area contributed by atoms with Crippen LogP contribution in [0, 0.1) is 17.7 Å². The van der Waals surface area contributed by atoms with Crippen molar-refractivity contribution in [1.29, 1.82) is 0 Å². The van der Waals surface area contributed by atoms with E-state index in [1.165, 1.54) is 6.20 Å². The first-order chi connectivity index (χ1) is 9.11. The molecule has 5 heteroatoms. The largest absolute Gasteiger partial charge is 0.354 e. The molecule has 1 saturated heterocycles. The van der Waals surface area contributed by atoms with Crippen LogP contribution in [0.1, 0.15) is 33.6 Å². The summed E-state index contributed by atoms with van der Waals surface area (Å²) < 4.78 is 13.9. The Morgan fingerprint density at radius 1 is 1.42 bits per heavy atom. The molecule has 0 aliphatic carbocycles. The molecule has 0 spiro atoms. The van der Waals surface area contributed by atoms with Gasteiger partial charge in [-0.25, -0.2) is 9.37 Å². The van der Waals surface area contributed by atoms with E-state index in [0.29, 0.717) is 17.7 Å². The monoisotopic (exact) mass is 266 g/mol. The highest BCUT2D eigenvalue weighted by Gasteiger charge is 2.24. The normalized spacial score (nSPS) is 17.0. The summed E-state index contributed by atoms with van der Waals surface area (Å²) in [7, 11) is 0. The fourth-order valence-electron chi connectivity index (χ4n) is 2.60. The molecule has 0 unspecified atom stereocenters. The third-order valence-corrected chi connectivity index (χ3v) is 3.84. The molecule has 4 nitrogen and oxygen atoms in total. The van der Waals surface area contributed by atoms with Crippen LogP contribution in [0.3, 0.4) is 0 Å². The molecule has 0 atom stereocenters. The van der Waals surface area contributed by atoms with Crippen LogP contribution >= 0.6 is 0 Å². The fraction of sp³-hybridized carbons (Fsp3) is 0.714. The Kier molecular flexibility index (Phi) is 4.56. The first-order valence-corrected chi connectivity index (χ1v) is 7.13. The predicted molar refractivity (Wildman–Crippen MR) is 75.9 cm³/mol. The predicted octanol–water partition coefficient (Wildman–Crippen LogP) is 2.92. The first-order valence-electron chi connectivity index (χ1n) is 7.13. The topological polar surface area (TPSA) is 41.1 Å². The van der Waals surface area contributed by atoms with Crippen LogP contribution in [0.2, 0.25) is 0 Å². The average Bonchev–Trinajstić information content (AvgIpc) is 2.41. The highest BCUT2D eigenvalue weighted by Crippen LogP contribution is 2.28. The Hall–Kier alpha value is -1.39. The zero-order valence-electron chi connectivity index (χ0n) is 12.0. The molecule has 0 aromatic carbocycles. The third kappa shape index (κ3) is 3.33.